The number of nitrogens with one attached hydrogen (secondary N) is 1. The van der Waals surface area contributed by atoms with Crippen LogP contribution in [0.25, 0.3) is 0 Å². The van der Waals surface area contributed by atoms with Gasteiger partial charge in [-0.05, 0) is 62.3 Å². The van der Waals surface area contributed by atoms with E-state index in [4.69, 9.17) is 0 Å². The van der Waals surface area contributed by atoms with Gasteiger partial charge in [0.1, 0.15) is 0 Å². The van der Waals surface area contributed by atoms with Crippen LogP contribution in [-0.4, -0.2) is 51.3 Å². The van der Waals surface area contributed by atoms with Crippen molar-refractivity contribution in [1.29, 1.82) is 0 Å². The molecular weight excluding hydrogens is 380 g/mol. The van der Waals surface area contributed by atoms with Gasteiger partial charge in [-0.3, -0.25) is 9.59 Å². The molecule has 0 unspecified atom stereocenters. The van der Waals surface area contributed by atoms with Crippen molar-refractivity contribution in [1.82, 2.24) is 9.62 Å². The van der Waals surface area contributed by atoms with Gasteiger partial charge in [-0.2, -0.15) is 4.31 Å². The van der Waals surface area contributed by atoms with Crippen LogP contribution in [0.2, 0.25) is 0 Å². The number of piperidine rings is 1. The number of aryl methyl sites for hydroxylation is 1. The molecule has 1 heterocycles. The van der Waals surface area contributed by atoms with E-state index in [2.05, 4.69) is 17.0 Å². The van der Waals surface area contributed by atoms with E-state index in [9.17, 15) is 18.0 Å². The predicted octanol–water partition coefficient (Wildman–Crippen LogP) is 2.41. The number of methoxy groups -OCH3 is 1. The molecule has 1 aromatic carbocycles. The summed E-state index contributed by atoms with van der Waals surface area (Å²) in [6.07, 6.45) is 2.37. The van der Waals surface area contributed by atoms with Crippen LogP contribution in [0.15, 0.2) is 17.0 Å². The fourth-order valence-electron chi connectivity index (χ4n) is 3.23. The third kappa shape index (κ3) is 5.32. The molecule has 1 fully saturated rings. The average molecular weight is 411 g/mol. The number of nitrogens with zero attached hydrogens (tertiary/aromatic N) is 1. The summed E-state index contributed by atoms with van der Waals surface area (Å²) in [6.45, 7) is 7.03. The van der Waals surface area contributed by atoms with Gasteiger partial charge in [0.05, 0.1) is 12.0 Å². The van der Waals surface area contributed by atoms with Gasteiger partial charge in [0.15, 0.2) is 0 Å². The zero-order valence-corrected chi connectivity index (χ0v) is 17.9. The molecular formula is C20H30N2O5S. The van der Waals surface area contributed by atoms with E-state index >= 15 is 0 Å². The van der Waals surface area contributed by atoms with Crippen LogP contribution < -0.4 is 5.32 Å². The molecule has 8 heteroatoms. The lowest BCUT2D eigenvalue weighted by Crippen LogP contribution is -2.38. The monoisotopic (exact) mass is 410 g/mol. The molecule has 7 nitrogen and oxygen atoms in total. The van der Waals surface area contributed by atoms with Gasteiger partial charge in [0.2, 0.25) is 10.0 Å². The van der Waals surface area contributed by atoms with Crippen LogP contribution in [0.3, 0.4) is 0 Å². The lowest BCUT2D eigenvalue weighted by Gasteiger charge is -2.30. The van der Waals surface area contributed by atoms with Gasteiger partial charge >= 0.3 is 5.97 Å². The maximum atomic E-state index is 13.2. The first-order chi connectivity index (χ1) is 13.2. The zero-order valence-electron chi connectivity index (χ0n) is 17.1. The standard InChI is InChI=1S/C20H30N2O5S/c1-14-7-10-22(11-8-14)28(25,26)18-13-17(12-15(2)16(18)3)20(24)21-9-5-6-19(23)27-4/h12-14H,5-11H2,1-4H3,(H,21,24). The predicted molar refractivity (Wildman–Crippen MR) is 107 cm³/mol. The molecule has 1 aromatic rings. The van der Waals surface area contributed by atoms with E-state index in [1.165, 1.54) is 17.5 Å². The summed E-state index contributed by atoms with van der Waals surface area (Å²) in [4.78, 5) is 23.8. The van der Waals surface area contributed by atoms with E-state index in [0.29, 0.717) is 43.1 Å². The molecule has 1 saturated heterocycles. The molecule has 0 bridgehead atoms. The van der Waals surface area contributed by atoms with Crippen LogP contribution in [0.4, 0.5) is 0 Å². The van der Waals surface area contributed by atoms with Crippen molar-refractivity contribution in [2.24, 2.45) is 5.92 Å². The molecule has 156 valence electrons. The minimum Gasteiger partial charge on any atom is -0.469 e. The number of sulfonamides is 1. The molecule has 2 rings (SSSR count). The Hall–Kier alpha value is -1.93. The second-order valence-electron chi connectivity index (χ2n) is 7.44. The van der Waals surface area contributed by atoms with Gasteiger partial charge in [-0.25, -0.2) is 8.42 Å². The van der Waals surface area contributed by atoms with Gasteiger partial charge in [0, 0.05) is 31.6 Å². The molecule has 1 aliphatic rings. The second kappa shape index (κ2) is 9.52. The average Bonchev–Trinajstić information content (AvgIpc) is 2.66. The highest BCUT2D eigenvalue weighted by atomic mass is 32.2. The number of carbonyl (C=O) groups is 2. The fourth-order valence-corrected chi connectivity index (χ4v) is 5.02. The van der Waals surface area contributed by atoms with Crippen molar-refractivity contribution in [3.63, 3.8) is 0 Å². The van der Waals surface area contributed by atoms with E-state index in [1.54, 1.807) is 19.9 Å². The van der Waals surface area contributed by atoms with Crippen molar-refractivity contribution in [2.75, 3.05) is 26.7 Å². The first-order valence-electron chi connectivity index (χ1n) is 9.63. The highest BCUT2D eigenvalue weighted by Gasteiger charge is 2.30. The second-order valence-corrected chi connectivity index (χ2v) is 9.34. The Morgan fingerprint density at radius 1 is 1.21 bits per heavy atom. The largest absolute Gasteiger partial charge is 0.469 e. The Bertz CT molecular complexity index is 827. The smallest absolute Gasteiger partial charge is 0.305 e. The summed E-state index contributed by atoms with van der Waals surface area (Å²) in [5, 5.41) is 2.73. The number of ether oxygens (including phenoxy) is 1. The summed E-state index contributed by atoms with van der Waals surface area (Å²) in [7, 11) is -2.32. The third-order valence-electron chi connectivity index (χ3n) is 5.31. The summed E-state index contributed by atoms with van der Waals surface area (Å²) >= 11 is 0. The summed E-state index contributed by atoms with van der Waals surface area (Å²) in [6, 6.07) is 3.16. The Morgan fingerprint density at radius 2 is 1.86 bits per heavy atom. The maximum Gasteiger partial charge on any atom is 0.305 e. The van der Waals surface area contributed by atoms with Crippen molar-refractivity contribution < 1.29 is 22.7 Å². The molecule has 28 heavy (non-hydrogen) atoms. The first kappa shape index (κ1) is 22.4. The molecule has 0 atom stereocenters. The maximum absolute atomic E-state index is 13.2. The number of hydrogen-bond acceptors (Lipinski definition) is 5. The van der Waals surface area contributed by atoms with Gasteiger partial charge < -0.3 is 10.1 Å². The lowest BCUT2D eigenvalue weighted by atomic mass is 10.0. The first-order valence-corrected chi connectivity index (χ1v) is 11.1. The molecule has 1 N–H and O–H groups in total. The number of benzene rings is 1. The summed E-state index contributed by atoms with van der Waals surface area (Å²) < 4.78 is 32.4. The normalized spacial score (nSPS) is 16.0. The SMILES string of the molecule is COC(=O)CCCNC(=O)c1cc(C)c(C)c(S(=O)(=O)N2CCC(C)CC2)c1. The summed E-state index contributed by atoms with van der Waals surface area (Å²) in [5.74, 6) is -0.155. The number of amides is 1. The highest BCUT2D eigenvalue weighted by molar-refractivity contribution is 7.89. The van der Waals surface area contributed by atoms with Crippen molar-refractivity contribution in [3.8, 4) is 0 Å². The van der Waals surface area contributed by atoms with Crippen LogP contribution in [0.5, 0.6) is 0 Å². The van der Waals surface area contributed by atoms with E-state index in [1.807, 2.05) is 0 Å². The minimum atomic E-state index is -3.64. The topological polar surface area (TPSA) is 92.8 Å². The van der Waals surface area contributed by atoms with Gasteiger partial charge in [-0.15, -0.1) is 0 Å². The zero-order chi connectivity index (χ0) is 20.9. The van der Waals surface area contributed by atoms with Gasteiger partial charge in [0.25, 0.3) is 5.91 Å². The van der Waals surface area contributed by atoms with Crippen LogP contribution in [0.1, 0.15) is 54.1 Å². The molecule has 1 amide bonds. The molecule has 0 spiro atoms. The number of rotatable bonds is 7. The molecule has 0 aromatic heterocycles. The highest BCUT2D eigenvalue weighted by Crippen LogP contribution is 2.28. The summed E-state index contributed by atoms with van der Waals surface area (Å²) in [5.41, 5.74) is 1.73. The van der Waals surface area contributed by atoms with Crippen molar-refractivity contribution in [2.45, 2.75) is 51.3 Å². The van der Waals surface area contributed by atoms with Crippen LogP contribution in [-0.2, 0) is 19.6 Å². The number of carbonyl (C=O) groups excluding carboxylic acids is 2. The fraction of sp³-hybridized carbons (Fsp3) is 0.600. The van der Waals surface area contributed by atoms with Gasteiger partial charge in [-0.1, -0.05) is 6.92 Å². The third-order valence-corrected chi connectivity index (χ3v) is 7.34. The van der Waals surface area contributed by atoms with E-state index in [0.717, 1.165) is 18.4 Å². The van der Waals surface area contributed by atoms with Crippen LogP contribution in [0, 0.1) is 19.8 Å². The Morgan fingerprint density at radius 3 is 2.46 bits per heavy atom. The lowest BCUT2D eigenvalue weighted by molar-refractivity contribution is -0.140. The molecule has 0 aliphatic carbocycles. The Labute approximate surface area is 167 Å². The number of hydrogen-bond donors (Lipinski definition) is 1. The van der Waals surface area contributed by atoms with Crippen molar-refractivity contribution in [3.05, 3.63) is 28.8 Å². The quantitative estimate of drug-likeness (QED) is 0.550. The van der Waals surface area contributed by atoms with E-state index < -0.39 is 10.0 Å². The molecule has 0 radical (unpaired) electrons. The number of esters is 1. The van der Waals surface area contributed by atoms with E-state index in [-0.39, 0.29) is 23.2 Å². The Balaban J connectivity index is 2.17. The molecule has 0 saturated carbocycles. The van der Waals surface area contributed by atoms with Crippen molar-refractivity contribution >= 4 is 21.9 Å². The van der Waals surface area contributed by atoms with Crippen LogP contribution >= 0.6 is 0 Å². The minimum absolute atomic E-state index is 0.196. The Kier molecular flexibility index (Phi) is 7.60. The molecule has 1 aliphatic heterocycles.